The first-order chi connectivity index (χ1) is 5.99. The van der Waals surface area contributed by atoms with E-state index in [1.807, 2.05) is 0 Å². The Labute approximate surface area is 82.5 Å². The lowest BCUT2D eigenvalue weighted by atomic mass is 9.61. The Morgan fingerprint density at radius 2 is 1.85 bits per heavy atom. The van der Waals surface area contributed by atoms with Crippen LogP contribution in [0.5, 0.6) is 0 Å². The van der Waals surface area contributed by atoms with Crippen LogP contribution in [0.2, 0.25) is 0 Å². The predicted octanol–water partition coefficient (Wildman–Crippen LogP) is 3.22. The minimum absolute atomic E-state index is 0.315. The van der Waals surface area contributed by atoms with Crippen molar-refractivity contribution in [1.29, 1.82) is 0 Å². The van der Waals surface area contributed by atoms with Crippen LogP contribution in [-0.2, 0) is 0 Å². The quantitative estimate of drug-likeness (QED) is 0.711. The molecule has 0 aliphatic heterocycles. The Morgan fingerprint density at radius 3 is 2.23 bits per heavy atom. The van der Waals surface area contributed by atoms with Crippen LogP contribution in [0.1, 0.15) is 53.4 Å². The summed E-state index contributed by atoms with van der Waals surface area (Å²) in [5.41, 5.74) is -0.315. The van der Waals surface area contributed by atoms with Gasteiger partial charge in [-0.2, -0.15) is 0 Å². The van der Waals surface area contributed by atoms with E-state index in [1.54, 1.807) is 0 Å². The van der Waals surface area contributed by atoms with Crippen molar-refractivity contribution in [3.63, 3.8) is 0 Å². The minimum Gasteiger partial charge on any atom is -0.390 e. The first-order valence-electron chi connectivity index (χ1n) is 5.72. The van der Waals surface area contributed by atoms with Gasteiger partial charge in [0.2, 0.25) is 0 Å². The Hall–Kier alpha value is -0.0400. The van der Waals surface area contributed by atoms with Gasteiger partial charge in [0.05, 0.1) is 5.60 Å². The Kier molecular flexibility index (Phi) is 3.39. The summed E-state index contributed by atoms with van der Waals surface area (Å²) in [5.74, 6) is 2.01. The van der Waals surface area contributed by atoms with Crippen LogP contribution >= 0.6 is 0 Å². The molecule has 1 rings (SSSR count). The maximum Gasteiger partial charge on any atom is 0.0678 e. The van der Waals surface area contributed by atoms with Gasteiger partial charge in [-0.3, -0.25) is 0 Å². The molecule has 0 aromatic heterocycles. The monoisotopic (exact) mass is 184 g/mol. The third kappa shape index (κ3) is 2.25. The first kappa shape index (κ1) is 11.0. The molecule has 1 saturated carbocycles. The number of rotatable bonds is 4. The minimum atomic E-state index is -0.315. The van der Waals surface area contributed by atoms with Crippen molar-refractivity contribution in [2.24, 2.45) is 17.8 Å². The Balaban J connectivity index is 2.36. The van der Waals surface area contributed by atoms with Gasteiger partial charge in [0, 0.05) is 0 Å². The molecule has 0 heterocycles. The lowest BCUT2D eigenvalue weighted by molar-refractivity contribution is -0.126. The molecule has 0 radical (unpaired) electrons. The molecule has 0 saturated heterocycles. The topological polar surface area (TPSA) is 20.2 Å². The normalized spacial score (nSPS) is 36.0. The highest BCUT2D eigenvalue weighted by Crippen LogP contribution is 2.47. The lowest BCUT2D eigenvalue weighted by Gasteiger charge is -2.49. The fourth-order valence-electron chi connectivity index (χ4n) is 2.42. The molecule has 0 aromatic rings. The van der Waals surface area contributed by atoms with E-state index < -0.39 is 0 Å². The summed E-state index contributed by atoms with van der Waals surface area (Å²) in [6.07, 6.45) is 4.43. The maximum absolute atomic E-state index is 10.2. The van der Waals surface area contributed by atoms with Crippen molar-refractivity contribution >= 4 is 0 Å². The van der Waals surface area contributed by atoms with Gasteiger partial charge in [-0.1, -0.05) is 34.1 Å². The van der Waals surface area contributed by atoms with Crippen molar-refractivity contribution in [3.8, 4) is 0 Å². The van der Waals surface area contributed by atoms with Gasteiger partial charge in [-0.15, -0.1) is 0 Å². The lowest BCUT2D eigenvalue weighted by Crippen LogP contribution is -2.50. The highest BCUT2D eigenvalue weighted by atomic mass is 16.3. The van der Waals surface area contributed by atoms with Crippen LogP contribution < -0.4 is 0 Å². The number of aliphatic hydroxyl groups is 1. The first-order valence-corrected chi connectivity index (χ1v) is 5.72. The molecule has 78 valence electrons. The van der Waals surface area contributed by atoms with Gasteiger partial charge in [-0.05, 0) is 37.0 Å². The predicted molar refractivity (Wildman–Crippen MR) is 56.6 cm³/mol. The van der Waals surface area contributed by atoms with Gasteiger partial charge < -0.3 is 5.11 Å². The van der Waals surface area contributed by atoms with Gasteiger partial charge in [-0.25, -0.2) is 0 Å². The van der Waals surface area contributed by atoms with Crippen molar-refractivity contribution in [3.05, 3.63) is 0 Å². The summed E-state index contributed by atoms with van der Waals surface area (Å²) in [7, 11) is 0. The standard InChI is InChI=1S/C12H24O/c1-5-6-10(4)12(13)7-11(8-12)9(2)3/h9-11,13H,5-8H2,1-4H3. The van der Waals surface area contributed by atoms with Gasteiger partial charge in [0.15, 0.2) is 0 Å². The van der Waals surface area contributed by atoms with E-state index in [0.717, 1.165) is 24.7 Å². The molecule has 1 heteroatoms. The van der Waals surface area contributed by atoms with Crippen molar-refractivity contribution < 1.29 is 5.11 Å². The molecular formula is C12H24O. The molecule has 1 nitrogen and oxygen atoms in total. The zero-order valence-corrected chi connectivity index (χ0v) is 9.51. The van der Waals surface area contributed by atoms with Crippen molar-refractivity contribution in [1.82, 2.24) is 0 Å². The Morgan fingerprint density at radius 1 is 1.31 bits per heavy atom. The van der Waals surface area contributed by atoms with E-state index in [0.29, 0.717) is 5.92 Å². The van der Waals surface area contributed by atoms with Crippen molar-refractivity contribution in [2.45, 2.75) is 59.0 Å². The summed E-state index contributed by atoms with van der Waals surface area (Å²) < 4.78 is 0. The summed E-state index contributed by atoms with van der Waals surface area (Å²) in [5, 5.41) is 10.2. The second kappa shape index (κ2) is 4.00. The molecule has 1 aliphatic rings. The van der Waals surface area contributed by atoms with E-state index in [2.05, 4.69) is 27.7 Å². The molecule has 1 N–H and O–H groups in total. The second-order valence-electron chi connectivity index (χ2n) is 5.21. The summed E-state index contributed by atoms with van der Waals surface area (Å²) in [6, 6.07) is 0. The molecule has 1 unspecified atom stereocenters. The third-order valence-corrected chi connectivity index (χ3v) is 3.81. The smallest absolute Gasteiger partial charge is 0.0678 e. The summed E-state index contributed by atoms with van der Waals surface area (Å²) in [6.45, 7) is 8.90. The fourth-order valence-corrected chi connectivity index (χ4v) is 2.42. The van der Waals surface area contributed by atoms with E-state index in [1.165, 1.54) is 12.8 Å². The van der Waals surface area contributed by atoms with Gasteiger partial charge in [0.25, 0.3) is 0 Å². The average Bonchev–Trinajstić information content (AvgIpc) is 1.98. The molecule has 1 aliphatic carbocycles. The summed E-state index contributed by atoms with van der Waals surface area (Å²) in [4.78, 5) is 0. The number of hydrogen-bond donors (Lipinski definition) is 1. The highest BCUT2D eigenvalue weighted by Gasteiger charge is 2.46. The fraction of sp³-hybridized carbons (Fsp3) is 1.00. The SMILES string of the molecule is CCCC(C)C1(O)CC(C(C)C)C1. The van der Waals surface area contributed by atoms with E-state index >= 15 is 0 Å². The van der Waals surface area contributed by atoms with Crippen LogP contribution in [-0.4, -0.2) is 10.7 Å². The molecule has 0 amide bonds. The third-order valence-electron chi connectivity index (χ3n) is 3.81. The molecule has 13 heavy (non-hydrogen) atoms. The molecule has 1 atom stereocenters. The average molecular weight is 184 g/mol. The van der Waals surface area contributed by atoms with E-state index in [9.17, 15) is 5.11 Å². The molecule has 0 aromatic carbocycles. The van der Waals surface area contributed by atoms with Gasteiger partial charge in [0.1, 0.15) is 0 Å². The Bertz CT molecular complexity index is 157. The van der Waals surface area contributed by atoms with Crippen LogP contribution in [0.25, 0.3) is 0 Å². The zero-order chi connectivity index (χ0) is 10.1. The van der Waals surface area contributed by atoms with Crippen LogP contribution in [0, 0.1) is 17.8 Å². The van der Waals surface area contributed by atoms with Gasteiger partial charge >= 0.3 is 0 Å². The van der Waals surface area contributed by atoms with Crippen LogP contribution in [0.4, 0.5) is 0 Å². The summed E-state index contributed by atoms with van der Waals surface area (Å²) >= 11 is 0. The molecule has 0 bridgehead atoms. The number of hydrogen-bond acceptors (Lipinski definition) is 1. The van der Waals surface area contributed by atoms with Crippen LogP contribution in [0.3, 0.4) is 0 Å². The van der Waals surface area contributed by atoms with E-state index in [-0.39, 0.29) is 5.60 Å². The molecule has 1 fully saturated rings. The van der Waals surface area contributed by atoms with Crippen molar-refractivity contribution in [2.75, 3.05) is 0 Å². The molecular weight excluding hydrogens is 160 g/mol. The molecule has 0 spiro atoms. The maximum atomic E-state index is 10.2. The highest BCUT2D eigenvalue weighted by molar-refractivity contribution is 4.98. The largest absolute Gasteiger partial charge is 0.390 e. The zero-order valence-electron chi connectivity index (χ0n) is 9.51. The van der Waals surface area contributed by atoms with E-state index in [4.69, 9.17) is 0 Å². The van der Waals surface area contributed by atoms with Crippen LogP contribution in [0.15, 0.2) is 0 Å². The second-order valence-corrected chi connectivity index (χ2v) is 5.21.